The first-order valence-electron chi connectivity index (χ1n) is 11.5. The van der Waals surface area contributed by atoms with Gasteiger partial charge in [0.15, 0.2) is 5.82 Å². The van der Waals surface area contributed by atoms with Crippen LogP contribution in [0.3, 0.4) is 0 Å². The van der Waals surface area contributed by atoms with E-state index in [1.807, 2.05) is 11.5 Å². The van der Waals surface area contributed by atoms with E-state index in [1.165, 1.54) is 12.1 Å². The molecular weight excluding hydrogens is 439 g/mol. The summed E-state index contributed by atoms with van der Waals surface area (Å²) in [5, 5.41) is 11.1. The SMILES string of the molecule is CCCOC(=O)N1CCc2cc(F)c(C(=O)Nc3cccc(-c4nnc5n4CCC5)n3)cc2C1. The lowest BCUT2D eigenvalue weighted by Gasteiger charge is -2.28. The number of fused-ring (bicyclic) bond motifs is 2. The van der Waals surface area contributed by atoms with Crippen molar-refractivity contribution in [1.82, 2.24) is 24.6 Å². The van der Waals surface area contributed by atoms with E-state index >= 15 is 0 Å². The lowest BCUT2D eigenvalue weighted by molar-refractivity contribution is 0.0978. The minimum Gasteiger partial charge on any atom is -0.449 e. The van der Waals surface area contributed by atoms with Crippen LogP contribution in [0, 0.1) is 5.82 Å². The fraction of sp³-hybridized carbons (Fsp3) is 0.375. The monoisotopic (exact) mass is 464 g/mol. The van der Waals surface area contributed by atoms with E-state index in [0.29, 0.717) is 36.9 Å². The Morgan fingerprint density at radius 2 is 2.03 bits per heavy atom. The summed E-state index contributed by atoms with van der Waals surface area (Å²) >= 11 is 0. The van der Waals surface area contributed by atoms with Gasteiger partial charge in [-0.25, -0.2) is 14.2 Å². The third-order valence-corrected chi connectivity index (χ3v) is 6.06. The standard InChI is InChI=1S/C24H25FN6O3/c1-2-11-34-24(33)30-10-8-15-13-18(25)17(12-16(15)14-30)23(32)27-20-6-3-5-19(26-20)22-29-28-21-7-4-9-31(21)22/h3,5-6,12-13H,2,4,7-11,14H2,1H3,(H,26,27,32). The Labute approximate surface area is 196 Å². The highest BCUT2D eigenvalue weighted by molar-refractivity contribution is 6.04. The number of halogens is 1. The number of pyridine rings is 1. The average Bonchev–Trinajstić information content (AvgIpc) is 3.46. The van der Waals surface area contributed by atoms with Crippen molar-refractivity contribution in [2.45, 2.75) is 45.7 Å². The number of nitrogens with zero attached hydrogens (tertiary/aromatic N) is 5. The number of hydrogen-bond donors (Lipinski definition) is 1. The Balaban J connectivity index is 1.34. The Morgan fingerprint density at radius 1 is 1.15 bits per heavy atom. The molecule has 34 heavy (non-hydrogen) atoms. The number of ether oxygens (including phenoxy) is 1. The van der Waals surface area contributed by atoms with Crippen LogP contribution in [0.5, 0.6) is 0 Å². The lowest BCUT2D eigenvalue weighted by atomic mass is 9.97. The molecular formula is C24H25FN6O3. The first kappa shape index (κ1) is 22.0. The molecule has 4 heterocycles. The summed E-state index contributed by atoms with van der Waals surface area (Å²) in [6.07, 6.45) is 2.74. The molecule has 2 aliphatic heterocycles. The van der Waals surface area contributed by atoms with Crippen LogP contribution in [-0.2, 0) is 30.7 Å². The number of hydrogen-bond acceptors (Lipinski definition) is 6. The molecule has 1 N–H and O–H groups in total. The van der Waals surface area contributed by atoms with Gasteiger partial charge in [-0.2, -0.15) is 0 Å². The van der Waals surface area contributed by atoms with E-state index in [9.17, 15) is 14.0 Å². The van der Waals surface area contributed by atoms with E-state index in [1.54, 1.807) is 23.1 Å². The molecule has 0 spiro atoms. The summed E-state index contributed by atoms with van der Waals surface area (Å²) in [5.41, 5.74) is 2.00. The number of nitrogens with one attached hydrogen (secondary N) is 1. The largest absolute Gasteiger partial charge is 0.449 e. The van der Waals surface area contributed by atoms with Crippen molar-refractivity contribution >= 4 is 17.8 Å². The summed E-state index contributed by atoms with van der Waals surface area (Å²) in [5.74, 6) is 0.653. The number of aromatic nitrogens is 4. The molecule has 2 aromatic heterocycles. The van der Waals surface area contributed by atoms with Gasteiger partial charge >= 0.3 is 6.09 Å². The van der Waals surface area contributed by atoms with Crippen LogP contribution in [0.1, 0.15) is 47.1 Å². The van der Waals surface area contributed by atoms with Crippen molar-refractivity contribution in [3.05, 3.63) is 58.7 Å². The zero-order valence-corrected chi connectivity index (χ0v) is 18.9. The van der Waals surface area contributed by atoms with Gasteiger partial charge in [-0.15, -0.1) is 10.2 Å². The van der Waals surface area contributed by atoms with Gasteiger partial charge in [0.1, 0.15) is 23.2 Å². The van der Waals surface area contributed by atoms with Gasteiger partial charge in [-0.1, -0.05) is 13.0 Å². The number of carbonyl (C=O) groups is 2. The summed E-state index contributed by atoms with van der Waals surface area (Å²) in [6, 6.07) is 8.09. The van der Waals surface area contributed by atoms with Crippen LogP contribution in [0.25, 0.3) is 11.5 Å². The van der Waals surface area contributed by atoms with Gasteiger partial charge in [-0.05, 0) is 54.7 Å². The highest BCUT2D eigenvalue weighted by Crippen LogP contribution is 2.25. The molecule has 0 bridgehead atoms. The second-order valence-electron chi connectivity index (χ2n) is 8.44. The molecule has 0 saturated heterocycles. The van der Waals surface area contributed by atoms with Crippen LogP contribution in [0.2, 0.25) is 0 Å². The third-order valence-electron chi connectivity index (χ3n) is 6.06. The second-order valence-corrected chi connectivity index (χ2v) is 8.44. The zero-order valence-electron chi connectivity index (χ0n) is 18.9. The van der Waals surface area contributed by atoms with Crippen molar-refractivity contribution in [2.24, 2.45) is 0 Å². The Kier molecular flexibility index (Phi) is 5.95. The Morgan fingerprint density at radius 3 is 2.88 bits per heavy atom. The van der Waals surface area contributed by atoms with Crippen LogP contribution in [-0.4, -0.2) is 49.8 Å². The molecule has 9 nitrogen and oxygen atoms in total. The van der Waals surface area contributed by atoms with Crippen LogP contribution >= 0.6 is 0 Å². The average molecular weight is 465 g/mol. The fourth-order valence-corrected chi connectivity index (χ4v) is 4.34. The van der Waals surface area contributed by atoms with E-state index in [-0.39, 0.29) is 12.1 Å². The molecule has 3 aromatic rings. The number of benzene rings is 1. The maximum atomic E-state index is 14.8. The van der Waals surface area contributed by atoms with Gasteiger partial charge in [0.2, 0.25) is 0 Å². The molecule has 0 atom stereocenters. The zero-order chi connectivity index (χ0) is 23.7. The number of amides is 2. The van der Waals surface area contributed by atoms with E-state index in [4.69, 9.17) is 4.74 Å². The van der Waals surface area contributed by atoms with E-state index in [2.05, 4.69) is 20.5 Å². The molecule has 0 unspecified atom stereocenters. The third kappa shape index (κ3) is 4.23. The fourth-order valence-electron chi connectivity index (χ4n) is 4.34. The minimum absolute atomic E-state index is 0.0990. The van der Waals surface area contributed by atoms with Gasteiger partial charge in [0.25, 0.3) is 5.91 Å². The van der Waals surface area contributed by atoms with E-state index in [0.717, 1.165) is 42.8 Å². The number of carbonyl (C=O) groups excluding carboxylic acids is 2. The van der Waals surface area contributed by atoms with Gasteiger partial charge in [0, 0.05) is 26.1 Å². The molecule has 5 rings (SSSR count). The van der Waals surface area contributed by atoms with Crippen LogP contribution in [0.15, 0.2) is 30.3 Å². The van der Waals surface area contributed by atoms with Gasteiger partial charge in [-0.3, -0.25) is 4.79 Å². The number of aryl methyl sites for hydroxylation is 1. The molecule has 10 heteroatoms. The van der Waals surface area contributed by atoms with Crippen molar-refractivity contribution in [3.8, 4) is 11.5 Å². The first-order chi connectivity index (χ1) is 16.5. The summed E-state index contributed by atoms with van der Waals surface area (Å²) in [4.78, 5) is 31.2. The second kappa shape index (κ2) is 9.20. The highest BCUT2D eigenvalue weighted by atomic mass is 19.1. The normalized spacial score (nSPS) is 14.5. The molecule has 2 aliphatic rings. The van der Waals surface area contributed by atoms with Gasteiger partial charge in [0.05, 0.1) is 12.2 Å². The first-order valence-corrected chi connectivity index (χ1v) is 11.5. The number of rotatable bonds is 5. The molecule has 0 fully saturated rings. The van der Waals surface area contributed by atoms with Gasteiger partial charge < -0.3 is 19.5 Å². The highest BCUT2D eigenvalue weighted by Gasteiger charge is 2.25. The quantitative estimate of drug-likeness (QED) is 0.619. The molecule has 1 aromatic carbocycles. The summed E-state index contributed by atoms with van der Waals surface area (Å²) in [7, 11) is 0. The van der Waals surface area contributed by atoms with Crippen LogP contribution in [0.4, 0.5) is 15.0 Å². The smallest absolute Gasteiger partial charge is 0.410 e. The molecule has 2 amide bonds. The molecule has 176 valence electrons. The molecule has 0 saturated carbocycles. The lowest BCUT2D eigenvalue weighted by Crippen LogP contribution is -2.36. The predicted molar refractivity (Wildman–Crippen MR) is 122 cm³/mol. The maximum Gasteiger partial charge on any atom is 0.410 e. The van der Waals surface area contributed by atoms with E-state index < -0.39 is 17.8 Å². The molecule has 0 aliphatic carbocycles. The minimum atomic E-state index is -0.609. The summed E-state index contributed by atoms with van der Waals surface area (Å²) < 4.78 is 22.0. The number of anilines is 1. The topological polar surface area (TPSA) is 102 Å². The Hall–Kier alpha value is -3.82. The predicted octanol–water partition coefficient (Wildman–Crippen LogP) is 3.58. The van der Waals surface area contributed by atoms with Crippen molar-refractivity contribution in [2.75, 3.05) is 18.5 Å². The van der Waals surface area contributed by atoms with Crippen molar-refractivity contribution < 1.29 is 18.7 Å². The van der Waals surface area contributed by atoms with Crippen molar-refractivity contribution in [1.29, 1.82) is 0 Å². The summed E-state index contributed by atoms with van der Waals surface area (Å²) in [6.45, 7) is 3.83. The van der Waals surface area contributed by atoms with Crippen molar-refractivity contribution in [3.63, 3.8) is 0 Å². The Bertz CT molecular complexity index is 1260. The molecule has 0 radical (unpaired) electrons. The maximum absolute atomic E-state index is 14.8. The van der Waals surface area contributed by atoms with Crippen LogP contribution < -0.4 is 5.32 Å².